The number of carbonyl (C=O) groups excluding carboxylic acids is 2. The van der Waals surface area contributed by atoms with E-state index in [-0.39, 0.29) is 18.1 Å². The quantitative estimate of drug-likeness (QED) is 0.233. The zero-order valence-electron chi connectivity index (χ0n) is 19.1. The molecular weight excluding hydrogens is 480 g/mol. The first-order valence-corrected chi connectivity index (χ1v) is 12.2. The van der Waals surface area contributed by atoms with Gasteiger partial charge in [0.05, 0.1) is 28.4 Å². The first-order valence-electron chi connectivity index (χ1n) is 11.3. The number of aromatic nitrogens is 1. The van der Waals surface area contributed by atoms with Crippen molar-refractivity contribution in [2.45, 2.75) is 13.0 Å². The Kier molecular flexibility index (Phi) is 5.34. The number of hydrogen-bond donors (Lipinski definition) is 1. The summed E-state index contributed by atoms with van der Waals surface area (Å²) >= 11 is 1.28. The van der Waals surface area contributed by atoms with Crippen molar-refractivity contribution in [3.63, 3.8) is 0 Å². The molecule has 6 rings (SSSR count). The minimum atomic E-state index is -0.911. The van der Waals surface area contributed by atoms with E-state index in [9.17, 15) is 14.7 Å². The number of benzene rings is 3. The van der Waals surface area contributed by atoms with Gasteiger partial charge in [-0.25, -0.2) is 4.98 Å². The fourth-order valence-corrected chi connectivity index (χ4v) is 5.45. The number of nitrogens with zero attached hydrogens (tertiary/aromatic N) is 2. The number of ether oxygens (including phenoxy) is 3. The Balaban J connectivity index is 1.54. The third-order valence-electron chi connectivity index (χ3n) is 6.07. The van der Waals surface area contributed by atoms with Gasteiger partial charge >= 0.3 is 5.91 Å². The second kappa shape index (κ2) is 8.69. The number of carbonyl (C=O) groups is 2. The molecule has 3 aromatic carbocycles. The van der Waals surface area contributed by atoms with E-state index in [0.717, 1.165) is 4.70 Å². The number of Topliss-reactive ketones (excluding diaryl/α,β-unsaturated/α-hetero) is 1. The van der Waals surface area contributed by atoms with Crippen molar-refractivity contribution in [1.29, 1.82) is 0 Å². The summed E-state index contributed by atoms with van der Waals surface area (Å²) in [6.45, 7) is 2.51. The molecule has 8 nitrogen and oxygen atoms in total. The minimum absolute atomic E-state index is 0.0145. The van der Waals surface area contributed by atoms with Crippen molar-refractivity contribution in [3.05, 3.63) is 83.4 Å². The maximum absolute atomic E-state index is 13.4. The van der Waals surface area contributed by atoms with E-state index in [4.69, 9.17) is 14.2 Å². The lowest BCUT2D eigenvalue weighted by Gasteiger charge is -2.23. The van der Waals surface area contributed by atoms with Gasteiger partial charge in [-0.15, -0.1) is 0 Å². The molecule has 3 heterocycles. The van der Waals surface area contributed by atoms with Crippen LogP contribution in [0.15, 0.2) is 72.3 Å². The molecule has 4 aromatic rings. The number of thiazole rings is 1. The first kappa shape index (κ1) is 22.1. The molecule has 1 aromatic heterocycles. The number of ketones is 1. The molecule has 1 saturated heterocycles. The van der Waals surface area contributed by atoms with Crippen LogP contribution in [-0.4, -0.2) is 35.2 Å². The second-order valence-electron chi connectivity index (χ2n) is 8.21. The molecule has 0 radical (unpaired) electrons. The Morgan fingerprint density at radius 2 is 1.89 bits per heavy atom. The van der Waals surface area contributed by atoms with Crippen molar-refractivity contribution in [1.82, 2.24) is 4.98 Å². The smallest absolute Gasteiger partial charge is 0.301 e. The van der Waals surface area contributed by atoms with Gasteiger partial charge in [-0.3, -0.25) is 14.5 Å². The number of aliphatic hydroxyl groups excluding tert-OH is 1. The normalized spacial score (nSPS) is 18.2. The molecule has 1 atom stereocenters. The van der Waals surface area contributed by atoms with Crippen LogP contribution in [-0.2, 0) is 9.59 Å². The van der Waals surface area contributed by atoms with E-state index in [2.05, 4.69) is 4.98 Å². The highest BCUT2D eigenvalue weighted by Gasteiger charge is 2.48. The highest BCUT2D eigenvalue weighted by molar-refractivity contribution is 7.22. The molecule has 1 amide bonds. The SMILES string of the molecule is CCOc1ccc2nc(N3C(=O)C(=O)C(=C(O)c4ccccc4)C3c3ccc4c(c3)OCO4)sc2c1. The predicted octanol–water partition coefficient (Wildman–Crippen LogP) is 5.05. The summed E-state index contributed by atoms with van der Waals surface area (Å²) in [4.78, 5) is 32.8. The van der Waals surface area contributed by atoms with Crippen molar-refractivity contribution in [2.24, 2.45) is 0 Å². The fraction of sp³-hybridized carbons (Fsp3) is 0.148. The highest BCUT2D eigenvalue weighted by Crippen LogP contribution is 2.46. The average Bonchev–Trinajstić information content (AvgIpc) is 3.60. The van der Waals surface area contributed by atoms with E-state index in [1.807, 2.05) is 31.2 Å². The van der Waals surface area contributed by atoms with E-state index in [1.54, 1.807) is 42.5 Å². The zero-order chi connectivity index (χ0) is 24.8. The monoisotopic (exact) mass is 500 g/mol. The molecular formula is C27H20N2O6S. The zero-order valence-corrected chi connectivity index (χ0v) is 20.0. The molecule has 180 valence electrons. The molecule has 2 aliphatic rings. The number of hydrogen-bond acceptors (Lipinski definition) is 8. The predicted molar refractivity (Wildman–Crippen MR) is 135 cm³/mol. The van der Waals surface area contributed by atoms with Gasteiger partial charge in [0.25, 0.3) is 5.78 Å². The average molecular weight is 501 g/mol. The Labute approximate surface area is 210 Å². The lowest BCUT2D eigenvalue weighted by Crippen LogP contribution is -2.29. The Morgan fingerprint density at radius 3 is 2.69 bits per heavy atom. The maximum Gasteiger partial charge on any atom is 0.301 e. The van der Waals surface area contributed by atoms with E-state index < -0.39 is 17.7 Å². The molecule has 1 N–H and O–H groups in total. The molecule has 0 saturated carbocycles. The number of amides is 1. The van der Waals surface area contributed by atoms with Crippen molar-refractivity contribution in [3.8, 4) is 17.2 Å². The van der Waals surface area contributed by atoms with Crippen LogP contribution < -0.4 is 19.1 Å². The Bertz CT molecular complexity index is 1540. The molecule has 1 fully saturated rings. The third kappa shape index (κ3) is 3.56. The van der Waals surface area contributed by atoms with Crippen molar-refractivity contribution in [2.75, 3.05) is 18.3 Å². The van der Waals surface area contributed by atoms with Gasteiger partial charge in [-0.2, -0.15) is 0 Å². The van der Waals surface area contributed by atoms with E-state index in [1.165, 1.54) is 16.2 Å². The summed E-state index contributed by atoms with van der Waals surface area (Å²) < 4.78 is 17.4. The fourth-order valence-electron chi connectivity index (χ4n) is 4.43. The van der Waals surface area contributed by atoms with Crippen LogP contribution in [0.3, 0.4) is 0 Å². The van der Waals surface area contributed by atoms with Crippen LogP contribution in [0.4, 0.5) is 5.13 Å². The van der Waals surface area contributed by atoms with Crippen molar-refractivity contribution < 1.29 is 28.9 Å². The molecule has 0 aliphatic carbocycles. The van der Waals surface area contributed by atoms with Crippen LogP contribution in [0.25, 0.3) is 16.0 Å². The van der Waals surface area contributed by atoms with Gasteiger partial charge in [-0.1, -0.05) is 47.7 Å². The summed E-state index contributed by atoms with van der Waals surface area (Å²) in [6, 6.07) is 18.5. The van der Waals surface area contributed by atoms with Crippen LogP contribution in [0.5, 0.6) is 17.2 Å². The molecule has 0 spiro atoms. The third-order valence-corrected chi connectivity index (χ3v) is 7.09. The van der Waals surface area contributed by atoms with Gasteiger partial charge < -0.3 is 19.3 Å². The maximum atomic E-state index is 13.4. The van der Waals surface area contributed by atoms with Gasteiger partial charge in [-0.05, 0) is 42.8 Å². The molecule has 0 bridgehead atoms. The number of aliphatic hydroxyl groups is 1. The minimum Gasteiger partial charge on any atom is -0.507 e. The lowest BCUT2D eigenvalue weighted by atomic mass is 9.95. The lowest BCUT2D eigenvalue weighted by molar-refractivity contribution is -0.132. The standard InChI is InChI=1S/C27H20N2O6S/c1-2-33-17-9-10-18-21(13-17)36-27(28-18)29-23(16-8-11-19-20(12-16)35-14-34-19)22(25(31)26(29)32)24(30)15-6-4-3-5-7-15/h3-13,23,30H,2,14H2,1H3. The van der Waals surface area contributed by atoms with E-state index in [0.29, 0.717) is 45.6 Å². The summed E-state index contributed by atoms with van der Waals surface area (Å²) in [7, 11) is 0. The molecule has 36 heavy (non-hydrogen) atoms. The van der Waals surface area contributed by atoms with Crippen LogP contribution in [0.1, 0.15) is 24.1 Å². The van der Waals surface area contributed by atoms with E-state index >= 15 is 0 Å². The molecule has 1 unspecified atom stereocenters. The summed E-state index contributed by atoms with van der Waals surface area (Å²) in [5.41, 5.74) is 1.68. The highest BCUT2D eigenvalue weighted by atomic mass is 32.1. The molecule has 9 heteroatoms. The largest absolute Gasteiger partial charge is 0.507 e. The van der Waals surface area contributed by atoms with Crippen LogP contribution >= 0.6 is 11.3 Å². The number of anilines is 1. The summed E-state index contributed by atoms with van der Waals surface area (Å²) in [5, 5.41) is 11.6. The van der Waals surface area contributed by atoms with Gasteiger partial charge in [0.15, 0.2) is 16.6 Å². The topological polar surface area (TPSA) is 98.2 Å². The van der Waals surface area contributed by atoms with Crippen molar-refractivity contribution >= 4 is 44.1 Å². The van der Waals surface area contributed by atoms with Gasteiger partial charge in [0.1, 0.15) is 11.5 Å². The van der Waals surface area contributed by atoms with Crippen LogP contribution in [0, 0.1) is 0 Å². The Hall–Kier alpha value is -4.37. The Morgan fingerprint density at radius 1 is 1.08 bits per heavy atom. The van der Waals surface area contributed by atoms with Gasteiger partial charge in [0, 0.05) is 5.56 Å². The number of rotatable bonds is 5. The summed E-state index contributed by atoms with van der Waals surface area (Å²) in [6.07, 6.45) is 0. The summed E-state index contributed by atoms with van der Waals surface area (Å²) in [5.74, 6) is -0.0318. The first-order chi connectivity index (χ1) is 17.5. The molecule has 2 aliphatic heterocycles. The van der Waals surface area contributed by atoms with Gasteiger partial charge in [0.2, 0.25) is 6.79 Å². The number of fused-ring (bicyclic) bond motifs is 2. The second-order valence-corrected chi connectivity index (χ2v) is 9.22. The van der Waals surface area contributed by atoms with Crippen LogP contribution in [0.2, 0.25) is 0 Å².